The topological polar surface area (TPSA) is 89.8 Å². The van der Waals surface area contributed by atoms with Gasteiger partial charge in [-0.3, -0.25) is 0 Å². The molecule has 2 aliphatic rings. The number of phenolic OH excluding ortho intramolecular Hbond substituents is 1. The Morgan fingerprint density at radius 3 is 2.04 bits per heavy atom. The van der Waals surface area contributed by atoms with E-state index in [1.54, 1.807) is 12.1 Å². The lowest BCUT2D eigenvalue weighted by Crippen LogP contribution is -2.25. The molecule has 2 saturated heterocycles. The monoisotopic (exact) mass is 367 g/mol. The van der Waals surface area contributed by atoms with E-state index >= 15 is 0 Å². The lowest BCUT2D eigenvalue weighted by Gasteiger charge is -2.20. The standard InChI is InChI=1S/C19H25N7O/c1-14(15-8-2-3-9-16(15)27)23-24-17-20-18(25-10-4-5-11-25)22-19(21-17)26-12-6-7-13-26/h2-3,8-9,27H,4-7,10-13H2,1H3,(H,20,21,22,24)/b23-14-. The van der Waals surface area contributed by atoms with Gasteiger partial charge in [0.2, 0.25) is 17.8 Å². The molecule has 0 atom stereocenters. The second kappa shape index (κ2) is 7.77. The van der Waals surface area contributed by atoms with E-state index in [1.807, 2.05) is 19.1 Å². The van der Waals surface area contributed by atoms with Crippen LogP contribution in [-0.2, 0) is 0 Å². The maximum atomic E-state index is 9.99. The molecule has 142 valence electrons. The first-order chi connectivity index (χ1) is 13.2. The van der Waals surface area contributed by atoms with Crippen LogP contribution in [0.2, 0.25) is 0 Å². The van der Waals surface area contributed by atoms with E-state index in [0.717, 1.165) is 51.9 Å². The molecule has 2 aromatic rings. The van der Waals surface area contributed by atoms with E-state index in [1.165, 1.54) is 0 Å². The first-order valence-electron chi connectivity index (χ1n) is 9.55. The van der Waals surface area contributed by atoms with Crippen LogP contribution < -0.4 is 15.2 Å². The smallest absolute Gasteiger partial charge is 0.250 e. The van der Waals surface area contributed by atoms with Gasteiger partial charge >= 0.3 is 0 Å². The van der Waals surface area contributed by atoms with Crippen molar-refractivity contribution in [2.24, 2.45) is 5.10 Å². The van der Waals surface area contributed by atoms with E-state index in [-0.39, 0.29) is 5.75 Å². The average Bonchev–Trinajstić information content (AvgIpc) is 3.40. The molecule has 1 aromatic heterocycles. The van der Waals surface area contributed by atoms with Crippen molar-refractivity contribution in [3.05, 3.63) is 29.8 Å². The summed E-state index contributed by atoms with van der Waals surface area (Å²) in [5.41, 5.74) is 4.30. The Labute approximate surface area is 159 Å². The number of hydrogen-bond donors (Lipinski definition) is 2. The minimum Gasteiger partial charge on any atom is -0.507 e. The summed E-state index contributed by atoms with van der Waals surface area (Å²) in [5, 5.41) is 14.4. The first kappa shape index (κ1) is 17.5. The zero-order valence-corrected chi connectivity index (χ0v) is 15.6. The van der Waals surface area contributed by atoms with Crippen LogP contribution in [0.3, 0.4) is 0 Å². The van der Waals surface area contributed by atoms with Gasteiger partial charge in [-0.05, 0) is 44.7 Å². The fourth-order valence-corrected chi connectivity index (χ4v) is 3.49. The normalized spacial score (nSPS) is 17.6. The molecule has 8 heteroatoms. The molecule has 0 saturated carbocycles. The summed E-state index contributed by atoms with van der Waals surface area (Å²) in [6, 6.07) is 7.13. The lowest BCUT2D eigenvalue weighted by atomic mass is 10.1. The average molecular weight is 367 g/mol. The van der Waals surface area contributed by atoms with Gasteiger partial charge in [0, 0.05) is 31.7 Å². The molecule has 1 aromatic carbocycles. The third-order valence-electron chi connectivity index (χ3n) is 5.01. The molecule has 8 nitrogen and oxygen atoms in total. The number of hydrogen-bond acceptors (Lipinski definition) is 8. The number of para-hydroxylation sites is 1. The summed E-state index contributed by atoms with van der Waals surface area (Å²) in [6.45, 7) is 5.74. The Hall–Kier alpha value is -2.90. The quantitative estimate of drug-likeness (QED) is 0.620. The lowest BCUT2D eigenvalue weighted by molar-refractivity contribution is 0.474. The Kier molecular flexibility index (Phi) is 5.04. The van der Waals surface area contributed by atoms with Crippen LogP contribution in [0.4, 0.5) is 17.8 Å². The Morgan fingerprint density at radius 1 is 0.926 bits per heavy atom. The van der Waals surface area contributed by atoms with E-state index in [0.29, 0.717) is 29.1 Å². The molecule has 2 N–H and O–H groups in total. The summed E-state index contributed by atoms with van der Waals surface area (Å²) in [5.74, 6) is 2.06. The fraction of sp³-hybridized carbons (Fsp3) is 0.474. The van der Waals surface area contributed by atoms with Crippen LogP contribution in [0.1, 0.15) is 38.2 Å². The molecule has 4 rings (SSSR count). The minimum atomic E-state index is 0.201. The molecule has 0 amide bonds. The molecule has 2 fully saturated rings. The van der Waals surface area contributed by atoms with Crippen LogP contribution >= 0.6 is 0 Å². The van der Waals surface area contributed by atoms with E-state index in [2.05, 4.69) is 30.3 Å². The number of hydrazone groups is 1. The molecule has 2 aliphatic heterocycles. The predicted molar refractivity (Wildman–Crippen MR) is 107 cm³/mol. The summed E-state index contributed by atoms with van der Waals surface area (Å²) >= 11 is 0. The van der Waals surface area contributed by atoms with Crippen molar-refractivity contribution < 1.29 is 5.11 Å². The van der Waals surface area contributed by atoms with Gasteiger partial charge in [0.05, 0.1) is 5.71 Å². The molecule has 27 heavy (non-hydrogen) atoms. The molecule has 0 unspecified atom stereocenters. The van der Waals surface area contributed by atoms with Crippen LogP contribution in [0.25, 0.3) is 0 Å². The Bertz CT molecular complexity index is 792. The summed E-state index contributed by atoms with van der Waals surface area (Å²) in [4.78, 5) is 18.2. The number of anilines is 3. The van der Waals surface area contributed by atoms with Crippen LogP contribution in [0.15, 0.2) is 29.4 Å². The molecule has 0 spiro atoms. The summed E-state index contributed by atoms with van der Waals surface area (Å²) < 4.78 is 0. The van der Waals surface area contributed by atoms with Gasteiger partial charge < -0.3 is 14.9 Å². The zero-order chi connectivity index (χ0) is 18.6. The number of benzene rings is 1. The highest BCUT2D eigenvalue weighted by atomic mass is 16.3. The summed E-state index contributed by atoms with van der Waals surface area (Å²) in [6.07, 6.45) is 4.66. The van der Waals surface area contributed by atoms with Crippen molar-refractivity contribution in [2.75, 3.05) is 41.4 Å². The second-order valence-electron chi connectivity index (χ2n) is 6.97. The van der Waals surface area contributed by atoms with Gasteiger partial charge in [-0.2, -0.15) is 20.1 Å². The van der Waals surface area contributed by atoms with Gasteiger partial charge in [-0.1, -0.05) is 12.1 Å². The van der Waals surface area contributed by atoms with Crippen molar-refractivity contribution in [1.29, 1.82) is 0 Å². The maximum Gasteiger partial charge on any atom is 0.250 e. The van der Waals surface area contributed by atoms with Crippen molar-refractivity contribution in [1.82, 2.24) is 15.0 Å². The van der Waals surface area contributed by atoms with Gasteiger partial charge in [0.1, 0.15) is 5.75 Å². The number of phenols is 1. The number of rotatable bonds is 5. The Balaban J connectivity index is 1.60. The molecular weight excluding hydrogens is 342 g/mol. The molecule has 0 bridgehead atoms. The molecule has 0 aliphatic carbocycles. The highest BCUT2D eigenvalue weighted by Gasteiger charge is 2.21. The van der Waals surface area contributed by atoms with Crippen LogP contribution in [0, 0.1) is 0 Å². The zero-order valence-electron chi connectivity index (χ0n) is 15.6. The van der Waals surface area contributed by atoms with Crippen molar-refractivity contribution in [2.45, 2.75) is 32.6 Å². The molecule has 3 heterocycles. The highest BCUT2D eigenvalue weighted by Crippen LogP contribution is 2.23. The number of nitrogens with zero attached hydrogens (tertiary/aromatic N) is 6. The largest absolute Gasteiger partial charge is 0.507 e. The van der Waals surface area contributed by atoms with Crippen molar-refractivity contribution in [3.8, 4) is 5.75 Å². The molecular formula is C19H25N7O. The third-order valence-corrected chi connectivity index (χ3v) is 5.01. The van der Waals surface area contributed by atoms with E-state index in [9.17, 15) is 5.11 Å². The van der Waals surface area contributed by atoms with Crippen LogP contribution in [0.5, 0.6) is 5.75 Å². The van der Waals surface area contributed by atoms with Crippen molar-refractivity contribution in [3.63, 3.8) is 0 Å². The number of aromatic hydroxyl groups is 1. The SMILES string of the molecule is C/C(=N/Nc1nc(N2CCCC2)nc(N2CCCC2)n1)c1ccccc1O. The van der Waals surface area contributed by atoms with Crippen LogP contribution in [-0.4, -0.2) is 51.9 Å². The molecule has 0 radical (unpaired) electrons. The third kappa shape index (κ3) is 3.94. The summed E-state index contributed by atoms with van der Waals surface area (Å²) in [7, 11) is 0. The number of nitrogens with one attached hydrogen (secondary N) is 1. The fourth-order valence-electron chi connectivity index (χ4n) is 3.49. The minimum absolute atomic E-state index is 0.201. The van der Waals surface area contributed by atoms with E-state index < -0.39 is 0 Å². The highest BCUT2D eigenvalue weighted by molar-refractivity contribution is 6.01. The van der Waals surface area contributed by atoms with Gasteiger partial charge in [0.15, 0.2) is 0 Å². The van der Waals surface area contributed by atoms with Gasteiger partial charge in [-0.15, -0.1) is 0 Å². The first-order valence-corrected chi connectivity index (χ1v) is 9.55. The van der Waals surface area contributed by atoms with Crippen molar-refractivity contribution >= 4 is 23.6 Å². The number of aromatic nitrogens is 3. The Morgan fingerprint density at radius 2 is 1.48 bits per heavy atom. The van der Waals surface area contributed by atoms with E-state index in [4.69, 9.17) is 4.98 Å². The van der Waals surface area contributed by atoms with Gasteiger partial charge in [0.25, 0.3) is 0 Å². The predicted octanol–water partition coefficient (Wildman–Crippen LogP) is 2.61. The van der Waals surface area contributed by atoms with Gasteiger partial charge in [-0.25, -0.2) is 5.43 Å². The maximum absolute atomic E-state index is 9.99. The second-order valence-corrected chi connectivity index (χ2v) is 6.97.